The topological polar surface area (TPSA) is 88.4 Å². The molecule has 25 heavy (non-hydrogen) atoms. The van der Waals surface area contributed by atoms with E-state index < -0.39 is 24.1 Å². The van der Waals surface area contributed by atoms with Crippen molar-refractivity contribution in [3.8, 4) is 11.8 Å². The maximum atomic E-state index is 12.2. The molecule has 2 aromatic rings. The van der Waals surface area contributed by atoms with Crippen molar-refractivity contribution in [3.05, 3.63) is 47.3 Å². The molecule has 0 aliphatic heterocycles. The number of esters is 1. The number of nitrogens with one attached hydrogen (secondary N) is 1. The summed E-state index contributed by atoms with van der Waals surface area (Å²) >= 11 is 1.23. The maximum absolute atomic E-state index is 12.2. The van der Waals surface area contributed by atoms with E-state index in [1.807, 2.05) is 12.1 Å². The molecule has 0 saturated heterocycles. The quantitative estimate of drug-likeness (QED) is 0.767. The van der Waals surface area contributed by atoms with E-state index in [9.17, 15) is 9.59 Å². The number of thiophene rings is 1. The van der Waals surface area contributed by atoms with Gasteiger partial charge < -0.3 is 14.8 Å². The first-order valence-corrected chi connectivity index (χ1v) is 8.63. The molecule has 130 valence electrons. The molecule has 0 aliphatic carbocycles. The van der Waals surface area contributed by atoms with Crippen LogP contribution in [0.15, 0.2) is 41.8 Å². The molecule has 0 bridgehead atoms. The number of hydrogen-bond donors (Lipinski definition) is 1. The Morgan fingerprint density at radius 2 is 2.00 bits per heavy atom. The van der Waals surface area contributed by atoms with Crippen molar-refractivity contribution in [2.45, 2.75) is 32.5 Å². The molecular weight excluding hydrogens is 340 g/mol. The van der Waals surface area contributed by atoms with Crippen molar-refractivity contribution in [1.29, 1.82) is 5.26 Å². The maximum Gasteiger partial charge on any atom is 0.348 e. The van der Waals surface area contributed by atoms with Crippen molar-refractivity contribution in [2.24, 2.45) is 0 Å². The zero-order chi connectivity index (χ0) is 18.2. The van der Waals surface area contributed by atoms with Gasteiger partial charge >= 0.3 is 5.97 Å². The van der Waals surface area contributed by atoms with E-state index in [0.29, 0.717) is 22.7 Å². The molecule has 1 amide bonds. The van der Waals surface area contributed by atoms with Crippen LogP contribution < -0.4 is 10.1 Å². The molecule has 0 aliphatic rings. The molecule has 7 heteroatoms. The van der Waals surface area contributed by atoms with Gasteiger partial charge in [-0.2, -0.15) is 5.26 Å². The van der Waals surface area contributed by atoms with Crippen molar-refractivity contribution < 1.29 is 19.1 Å². The van der Waals surface area contributed by atoms with Crippen molar-refractivity contribution in [3.63, 3.8) is 0 Å². The Morgan fingerprint density at radius 1 is 1.28 bits per heavy atom. The molecule has 2 rings (SSSR count). The normalized spacial score (nSPS) is 12.5. The number of hydrogen-bond acceptors (Lipinski definition) is 6. The number of nitriles is 1. The molecule has 2 atom stereocenters. The van der Waals surface area contributed by atoms with Crippen LogP contribution in [0.2, 0.25) is 0 Å². The molecule has 1 N–H and O–H groups in total. The largest absolute Gasteiger partial charge is 0.479 e. The number of anilines is 1. The van der Waals surface area contributed by atoms with Crippen LogP contribution in [0.25, 0.3) is 0 Å². The van der Waals surface area contributed by atoms with Crippen LogP contribution in [0.3, 0.4) is 0 Å². The number of nitrogens with zero attached hydrogens (tertiary/aromatic N) is 1. The second-order valence-corrected chi connectivity index (χ2v) is 6.09. The number of carbonyl (C=O) groups excluding carboxylic acids is 2. The fourth-order valence-electron chi connectivity index (χ4n) is 1.97. The number of rotatable bonds is 7. The Morgan fingerprint density at radius 3 is 2.64 bits per heavy atom. The third kappa shape index (κ3) is 5.06. The van der Waals surface area contributed by atoms with Crippen molar-refractivity contribution in [2.75, 3.05) is 5.32 Å². The summed E-state index contributed by atoms with van der Waals surface area (Å²) in [5.41, 5.74) is 0.371. The second-order valence-electron chi connectivity index (χ2n) is 5.17. The molecule has 0 fully saturated rings. The SMILES string of the molecule is CC[C@H](Oc1ccccc1)C(=O)O[C@H](C)C(=O)Nc1sccc1C#N. The third-order valence-electron chi connectivity index (χ3n) is 3.34. The van der Waals surface area contributed by atoms with Gasteiger partial charge in [-0.25, -0.2) is 4.79 Å². The summed E-state index contributed by atoms with van der Waals surface area (Å²) in [5, 5.41) is 13.7. The van der Waals surface area contributed by atoms with Crippen LogP contribution in [0.1, 0.15) is 25.8 Å². The predicted molar refractivity (Wildman–Crippen MR) is 94.4 cm³/mol. The minimum Gasteiger partial charge on any atom is -0.479 e. The lowest BCUT2D eigenvalue weighted by Gasteiger charge is -2.19. The lowest BCUT2D eigenvalue weighted by molar-refractivity contribution is -0.160. The average molecular weight is 358 g/mol. The minimum atomic E-state index is -1.01. The van der Waals surface area contributed by atoms with Gasteiger partial charge in [0.2, 0.25) is 0 Å². The molecule has 6 nitrogen and oxygen atoms in total. The number of carbonyl (C=O) groups is 2. The Labute approximate surface area is 150 Å². The Balaban J connectivity index is 1.93. The number of para-hydroxylation sites is 1. The standard InChI is InChI=1S/C18H18N2O4S/c1-3-15(24-14-7-5-4-6-8-14)18(22)23-12(2)16(21)20-17-13(11-19)9-10-25-17/h4-10,12,15H,3H2,1-2H3,(H,20,21)/t12-,15+/m1/s1. The lowest BCUT2D eigenvalue weighted by atomic mass is 10.2. The van der Waals surface area contributed by atoms with E-state index in [1.54, 1.807) is 42.6 Å². The van der Waals surface area contributed by atoms with Gasteiger partial charge in [0.05, 0.1) is 5.56 Å². The minimum absolute atomic E-state index is 0.371. The number of amides is 1. The zero-order valence-electron chi connectivity index (χ0n) is 13.9. The monoisotopic (exact) mass is 358 g/mol. The fourth-order valence-corrected chi connectivity index (χ4v) is 2.71. The van der Waals surface area contributed by atoms with Gasteiger partial charge in [-0.05, 0) is 36.9 Å². The predicted octanol–water partition coefficient (Wildman–Crippen LogP) is 3.35. The molecule has 1 aromatic carbocycles. The van der Waals surface area contributed by atoms with Crippen LogP contribution >= 0.6 is 11.3 Å². The summed E-state index contributed by atoms with van der Waals surface area (Å²) < 4.78 is 10.8. The van der Waals surface area contributed by atoms with Gasteiger partial charge in [0, 0.05) is 0 Å². The van der Waals surface area contributed by atoms with Crippen LogP contribution in [-0.2, 0) is 14.3 Å². The molecular formula is C18H18N2O4S. The summed E-state index contributed by atoms with van der Waals surface area (Å²) in [5.74, 6) is -0.553. The van der Waals surface area contributed by atoms with Gasteiger partial charge in [0.15, 0.2) is 12.2 Å². The first-order chi connectivity index (χ1) is 12.0. The zero-order valence-corrected chi connectivity index (χ0v) is 14.7. The van der Waals surface area contributed by atoms with E-state index in [0.717, 1.165) is 0 Å². The highest BCUT2D eigenvalue weighted by Gasteiger charge is 2.26. The van der Waals surface area contributed by atoms with Crippen molar-refractivity contribution >= 4 is 28.2 Å². The highest BCUT2D eigenvalue weighted by molar-refractivity contribution is 7.14. The fraction of sp³-hybridized carbons (Fsp3) is 0.278. The first-order valence-electron chi connectivity index (χ1n) is 7.75. The molecule has 1 aromatic heterocycles. The van der Waals surface area contributed by atoms with Gasteiger partial charge in [0.1, 0.15) is 16.8 Å². The molecule has 0 spiro atoms. The average Bonchev–Trinajstić information content (AvgIpc) is 3.07. The van der Waals surface area contributed by atoms with Gasteiger partial charge in [-0.15, -0.1) is 11.3 Å². The van der Waals surface area contributed by atoms with Crippen LogP contribution in [-0.4, -0.2) is 24.1 Å². The molecule has 0 unspecified atom stereocenters. The Kier molecular flexibility index (Phi) is 6.54. The van der Waals surface area contributed by atoms with E-state index >= 15 is 0 Å². The molecule has 0 radical (unpaired) electrons. The summed E-state index contributed by atoms with van der Waals surface area (Å²) in [6, 6.07) is 12.5. The highest BCUT2D eigenvalue weighted by Crippen LogP contribution is 2.22. The Hall–Kier alpha value is -2.85. The van der Waals surface area contributed by atoms with E-state index in [2.05, 4.69) is 5.32 Å². The summed E-state index contributed by atoms with van der Waals surface area (Å²) in [6.45, 7) is 3.27. The molecule has 1 heterocycles. The van der Waals surface area contributed by atoms with Crippen LogP contribution in [0.4, 0.5) is 5.00 Å². The van der Waals surface area contributed by atoms with Crippen LogP contribution in [0.5, 0.6) is 5.75 Å². The molecule has 0 saturated carbocycles. The van der Waals surface area contributed by atoms with E-state index in [4.69, 9.17) is 14.7 Å². The van der Waals surface area contributed by atoms with Gasteiger partial charge in [0.25, 0.3) is 5.91 Å². The summed E-state index contributed by atoms with van der Waals surface area (Å²) in [4.78, 5) is 24.4. The summed E-state index contributed by atoms with van der Waals surface area (Å²) in [7, 11) is 0. The Bertz CT molecular complexity index is 767. The van der Waals surface area contributed by atoms with Crippen molar-refractivity contribution in [1.82, 2.24) is 0 Å². The second kappa shape index (κ2) is 8.85. The highest BCUT2D eigenvalue weighted by atomic mass is 32.1. The van der Waals surface area contributed by atoms with E-state index in [1.165, 1.54) is 18.3 Å². The van der Waals surface area contributed by atoms with Gasteiger partial charge in [-0.1, -0.05) is 25.1 Å². The first kappa shape index (κ1) is 18.5. The number of ether oxygens (including phenoxy) is 2. The third-order valence-corrected chi connectivity index (χ3v) is 4.17. The summed E-state index contributed by atoms with van der Waals surface area (Å²) in [6.07, 6.45) is -1.39. The number of benzene rings is 1. The van der Waals surface area contributed by atoms with E-state index in [-0.39, 0.29) is 0 Å². The van der Waals surface area contributed by atoms with Crippen LogP contribution in [0, 0.1) is 11.3 Å². The van der Waals surface area contributed by atoms with Gasteiger partial charge in [-0.3, -0.25) is 4.79 Å². The lowest BCUT2D eigenvalue weighted by Crippen LogP contribution is -2.36. The smallest absolute Gasteiger partial charge is 0.348 e.